The van der Waals surface area contributed by atoms with Crippen molar-refractivity contribution in [1.82, 2.24) is 20.3 Å². The van der Waals surface area contributed by atoms with Crippen molar-refractivity contribution < 1.29 is 0 Å². The average Bonchev–Trinajstić information content (AvgIpc) is 2.40. The molecule has 2 heterocycles. The first-order chi connectivity index (χ1) is 9.65. The molecule has 106 valence electrons. The van der Waals surface area contributed by atoms with Gasteiger partial charge in [0.2, 0.25) is 0 Å². The normalized spacial score (nSPS) is 11.0. The van der Waals surface area contributed by atoms with Crippen LogP contribution in [0.4, 0.5) is 0 Å². The van der Waals surface area contributed by atoms with Crippen molar-refractivity contribution in [1.29, 1.82) is 0 Å². The van der Waals surface area contributed by atoms with Gasteiger partial charge in [0.05, 0.1) is 0 Å². The molecule has 0 radical (unpaired) electrons. The molecular formula is C15H20N4S. The molecule has 20 heavy (non-hydrogen) atoms. The summed E-state index contributed by atoms with van der Waals surface area (Å²) in [6.45, 7) is 8.19. The molecule has 0 aliphatic rings. The van der Waals surface area contributed by atoms with E-state index in [4.69, 9.17) is 0 Å². The van der Waals surface area contributed by atoms with E-state index >= 15 is 0 Å². The Morgan fingerprint density at radius 2 is 2.05 bits per heavy atom. The van der Waals surface area contributed by atoms with E-state index in [2.05, 4.69) is 40.2 Å². The van der Waals surface area contributed by atoms with Gasteiger partial charge in [-0.1, -0.05) is 19.9 Å². The van der Waals surface area contributed by atoms with E-state index in [1.807, 2.05) is 25.3 Å². The minimum Gasteiger partial charge on any atom is -0.312 e. The molecule has 0 bridgehead atoms. The molecule has 2 aromatic heterocycles. The summed E-state index contributed by atoms with van der Waals surface area (Å²) in [5, 5.41) is 5.16. The first-order valence-electron chi connectivity index (χ1n) is 6.77. The number of pyridine rings is 1. The second kappa shape index (κ2) is 7.36. The third kappa shape index (κ3) is 4.58. The first kappa shape index (κ1) is 14.9. The molecule has 0 aromatic carbocycles. The second-order valence-electron chi connectivity index (χ2n) is 5.08. The third-order valence-corrected chi connectivity index (χ3v) is 3.62. The van der Waals surface area contributed by atoms with Crippen LogP contribution in [-0.2, 0) is 6.54 Å². The van der Waals surface area contributed by atoms with Crippen LogP contribution in [0, 0.1) is 12.8 Å². The molecule has 0 amide bonds. The maximum absolute atomic E-state index is 4.44. The van der Waals surface area contributed by atoms with Crippen LogP contribution in [0.3, 0.4) is 0 Å². The lowest BCUT2D eigenvalue weighted by atomic mass is 10.2. The van der Waals surface area contributed by atoms with Crippen LogP contribution in [0.15, 0.2) is 40.8 Å². The highest BCUT2D eigenvalue weighted by Crippen LogP contribution is 2.25. The molecule has 0 saturated carbocycles. The highest BCUT2D eigenvalue weighted by molar-refractivity contribution is 7.99. The maximum atomic E-state index is 4.44. The number of hydrogen-bond donors (Lipinski definition) is 1. The molecule has 0 saturated heterocycles. The number of hydrogen-bond acceptors (Lipinski definition) is 5. The molecule has 0 unspecified atom stereocenters. The quantitative estimate of drug-likeness (QED) is 0.828. The molecule has 5 heteroatoms. The molecule has 0 fully saturated rings. The van der Waals surface area contributed by atoms with Gasteiger partial charge in [0.1, 0.15) is 5.03 Å². The highest BCUT2D eigenvalue weighted by atomic mass is 32.2. The zero-order chi connectivity index (χ0) is 14.4. The van der Waals surface area contributed by atoms with Gasteiger partial charge in [0, 0.05) is 24.6 Å². The molecule has 2 rings (SSSR count). The fourth-order valence-electron chi connectivity index (χ4n) is 1.71. The zero-order valence-corrected chi connectivity index (χ0v) is 12.9. The van der Waals surface area contributed by atoms with Crippen molar-refractivity contribution >= 4 is 11.8 Å². The molecule has 0 spiro atoms. The lowest BCUT2D eigenvalue weighted by Crippen LogP contribution is -2.19. The van der Waals surface area contributed by atoms with Crippen LogP contribution in [0.25, 0.3) is 0 Å². The number of aromatic nitrogens is 3. The average molecular weight is 288 g/mol. The first-order valence-corrected chi connectivity index (χ1v) is 7.59. The maximum Gasteiger partial charge on any atom is 0.194 e. The fourth-order valence-corrected chi connectivity index (χ4v) is 2.57. The topological polar surface area (TPSA) is 50.7 Å². The van der Waals surface area contributed by atoms with Gasteiger partial charge in [0.25, 0.3) is 0 Å². The molecule has 0 aliphatic carbocycles. The Kier molecular flexibility index (Phi) is 5.49. The summed E-state index contributed by atoms with van der Waals surface area (Å²) in [4.78, 5) is 13.1. The number of rotatable bonds is 6. The second-order valence-corrected chi connectivity index (χ2v) is 6.03. The van der Waals surface area contributed by atoms with E-state index in [1.165, 1.54) is 17.3 Å². The monoisotopic (exact) mass is 288 g/mol. The summed E-state index contributed by atoms with van der Waals surface area (Å²) in [6.07, 6.45) is 3.59. The van der Waals surface area contributed by atoms with Gasteiger partial charge in [-0.25, -0.2) is 15.0 Å². The minimum absolute atomic E-state index is 0.642. The summed E-state index contributed by atoms with van der Waals surface area (Å²) < 4.78 is 0. The highest BCUT2D eigenvalue weighted by Gasteiger charge is 2.07. The Balaban J connectivity index is 2.07. The summed E-state index contributed by atoms with van der Waals surface area (Å²) in [5.74, 6) is 0.642. The predicted molar refractivity (Wildman–Crippen MR) is 81.7 cm³/mol. The molecule has 0 aliphatic heterocycles. The van der Waals surface area contributed by atoms with Crippen LogP contribution in [0.5, 0.6) is 0 Å². The molecule has 0 atom stereocenters. The molecule has 2 aromatic rings. The van der Waals surface area contributed by atoms with Gasteiger partial charge in [0.15, 0.2) is 5.16 Å². The van der Waals surface area contributed by atoms with E-state index in [0.29, 0.717) is 5.92 Å². The van der Waals surface area contributed by atoms with Crippen molar-refractivity contribution in [3.8, 4) is 0 Å². The van der Waals surface area contributed by atoms with Crippen molar-refractivity contribution in [2.24, 2.45) is 5.92 Å². The Labute approximate surface area is 124 Å². The molecule has 1 N–H and O–H groups in total. The lowest BCUT2D eigenvalue weighted by Gasteiger charge is -2.10. The third-order valence-electron chi connectivity index (χ3n) is 2.68. The van der Waals surface area contributed by atoms with Crippen LogP contribution >= 0.6 is 11.8 Å². The molecule has 4 nitrogen and oxygen atoms in total. The summed E-state index contributed by atoms with van der Waals surface area (Å²) in [6, 6.07) is 5.96. The summed E-state index contributed by atoms with van der Waals surface area (Å²) in [7, 11) is 0. The Morgan fingerprint density at radius 1 is 1.20 bits per heavy atom. The lowest BCUT2D eigenvalue weighted by molar-refractivity contribution is 0.548. The Morgan fingerprint density at radius 3 is 2.80 bits per heavy atom. The van der Waals surface area contributed by atoms with Crippen molar-refractivity contribution in [2.45, 2.75) is 37.5 Å². The SMILES string of the molecule is Cc1ccnc(Sc2ncccc2CNCC(C)C)n1. The van der Waals surface area contributed by atoms with Gasteiger partial charge in [-0.2, -0.15) is 0 Å². The Hall–Kier alpha value is -1.46. The van der Waals surface area contributed by atoms with Crippen molar-refractivity contribution in [3.05, 3.63) is 41.9 Å². The predicted octanol–water partition coefficient (Wildman–Crippen LogP) is 3.08. The molecular weight excluding hydrogens is 268 g/mol. The minimum atomic E-state index is 0.642. The van der Waals surface area contributed by atoms with Gasteiger partial charge in [-0.05, 0) is 48.8 Å². The number of nitrogens with zero attached hydrogens (tertiary/aromatic N) is 3. The van der Waals surface area contributed by atoms with Gasteiger partial charge < -0.3 is 5.32 Å². The van der Waals surface area contributed by atoms with Crippen LogP contribution in [0.2, 0.25) is 0 Å². The largest absolute Gasteiger partial charge is 0.312 e. The fraction of sp³-hybridized carbons (Fsp3) is 0.400. The smallest absolute Gasteiger partial charge is 0.194 e. The van der Waals surface area contributed by atoms with Crippen molar-refractivity contribution in [2.75, 3.05) is 6.54 Å². The van der Waals surface area contributed by atoms with Crippen LogP contribution < -0.4 is 5.32 Å². The van der Waals surface area contributed by atoms with E-state index in [0.717, 1.165) is 29.0 Å². The standard InChI is InChI=1S/C15H20N4S/c1-11(2)9-16-10-13-5-4-7-17-14(13)20-15-18-8-6-12(3)19-15/h4-8,11,16H,9-10H2,1-3H3. The van der Waals surface area contributed by atoms with E-state index in [-0.39, 0.29) is 0 Å². The number of aryl methyl sites for hydroxylation is 1. The summed E-state index contributed by atoms with van der Waals surface area (Å²) in [5.41, 5.74) is 2.15. The van der Waals surface area contributed by atoms with Gasteiger partial charge in [-0.3, -0.25) is 0 Å². The van der Waals surface area contributed by atoms with E-state index < -0.39 is 0 Å². The van der Waals surface area contributed by atoms with Crippen LogP contribution in [0.1, 0.15) is 25.1 Å². The van der Waals surface area contributed by atoms with Gasteiger partial charge >= 0.3 is 0 Å². The van der Waals surface area contributed by atoms with Crippen LogP contribution in [-0.4, -0.2) is 21.5 Å². The van der Waals surface area contributed by atoms with Gasteiger partial charge in [-0.15, -0.1) is 0 Å². The zero-order valence-electron chi connectivity index (χ0n) is 12.1. The number of nitrogens with one attached hydrogen (secondary N) is 1. The van der Waals surface area contributed by atoms with E-state index in [1.54, 1.807) is 6.20 Å². The Bertz CT molecular complexity index is 557. The van der Waals surface area contributed by atoms with E-state index in [9.17, 15) is 0 Å². The summed E-state index contributed by atoms with van der Waals surface area (Å²) >= 11 is 1.51. The van der Waals surface area contributed by atoms with Crippen molar-refractivity contribution in [3.63, 3.8) is 0 Å².